The zero-order chi connectivity index (χ0) is 17.2. The van der Waals surface area contributed by atoms with Gasteiger partial charge in [0.1, 0.15) is 5.82 Å². The average Bonchev–Trinajstić information content (AvgIpc) is 2.55. The number of nitrogens with zero attached hydrogens (tertiary/aromatic N) is 2. The van der Waals surface area contributed by atoms with Crippen molar-refractivity contribution < 1.29 is 22.3 Å². The second-order valence-corrected chi connectivity index (χ2v) is 5.67. The minimum atomic E-state index is -4.59. The first-order chi connectivity index (χ1) is 11.4. The molecule has 0 unspecified atom stereocenters. The zero-order valence-corrected chi connectivity index (χ0v) is 12.8. The van der Waals surface area contributed by atoms with Crippen LogP contribution >= 0.6 is 0 Å². The fraction of sp³-hybridized carbons (Fsp3) is 0.353. The number of alkyl halides is 3. The Morgan fingerprint density at radius 2 is 1.83 bits per heavy atom. The third-order valence-corrected chi connectivity index (χ3v) is 3.86. The van der Waals surface area contributed by atoms with Crippen molar-refractivity contribution in [2.45, 2.75) is 12.7 Å². The molecule has 3 nitrogen and oxygen atoms in total. The molecule has 0 spiro atoms. The Morgan fingerprint density at radius 1 is 1.08 bits per heavy atom. The van der Waals surface area contributed by atoms with Crippen LogP contribution in [0.15, 0.2) is 36.5 Å². The predicted molar refractivity (Wildman–Crippen MR) is 80.7 cm³/mol. The van der Waals surface area contributed by atoms with Gasteiger partial charge < -0.3 is 4.74 Å². The summed E-state index contributed by atoms with van der Waals surface area (Å²) in [6, 6.07) is 5.86. The van der Waals surface area contributed by atoms with E-state index in [-0.39, 0.29) is 5.56 Å². The average molecular weight is 340 g/mol. The topological polar surface area (TPSA) is 25.4 Å². The number of ether oxygens (including phenoxy) is 1. The molecule has 0 N–H and O–H groups in total. The van der Waals surface area contributed by atoms with Crippen LogP contribution in [-0.4, -0.2) is 36.2 Å². The van der Waals surface area contributed by atoms with Crippen LogP contribution in [0.4, 0.5) is 17.6 Å². The van der Waals surface area contributed by atoms with Crippen LogP contribution in [-0.2, 0) is 17.5 Å². The third kappa shape index (κ3) is 4.10. The molecule has 2 heterocycles. The fourth-order valence-corrected chi connectivity index (χ4v) is 2.61. The Kier molecular flexibility index (Phi) is 4.82. The van der Waals surface area contributed by atoms with Crippen LogP contribution in [0, 0.1) is 5.82 Å². The Balaban J connectivity index is 1.79. The van der Waals surface area contributed by atoms with Gasteiger partial charge in [0.15, 0.2) is 0 Å². The smallest absolute Gasteiger partial charge is 0.379 e. The highest BCUT2D eigenvalue weighted by Gasteiger charge is 2.31. The maximum Gasteiger partial charge on any atom is 0.416 e. The molecule has 128 valence electrons. The molecule has 24 heavy (non-hydrogen) atoms. The summed E-state index contributed by atoms with van der Waals surface area (Å²) in [5, 5.41) is 0. The SMILES string of the molecule is Fc1cc(-c2ccc(CN3CCOCC3)cn2)cc(C(F)(F)F)c1. The van der Waals surface area contributed by atoms with Crippen molar-refractivity contribution in [2.75, 3.05) is 26.3 Å². The van der Waals surface area contributed by atoms with E-state index in [0.29, 0.717) is 31.5 Å². The number of hydrogen-bond acceptors (Lipinski definition) is 3. The minimum Gasteiger partial charge on any atom is -0.379 e. The summed E-state index contributed by atoms with van der Waals surface area (Å²) in [6.07, 6.45) is -2.98. The summed E-state index contributed by atoms with van der Waals surface area (Å²) in [5.41, 5.74) is 0.357. The molecular formula is C17H16F4N2O. The van der Waals surface area contributed by atoms with Gasteiger partial charge in [0, 0.05) is 31.4 Å². The lowest BCUT2D eigenvalue weighted by molar-refractivity contribution is -0.137. The van der Waals surface area contributed by atoms with E-state index in [2.05, 4.69) is 9.88 Å². The summed E-state index contributed by atoms with van der Waals surface area (Å²) in [4.78, 5) is 6.40. The number of pyridine rings is 1. The molecule has 1 aliphatic heterocycles. The number of rotatable bonds is 3. The molecule has 1 aliphatic rings. The molecular weight excluding hydrogens is 324 g/mol. The second kappa shape index (κ2) is 6.86. The minimum absolute atomic E-state index is 0.111. The van der Waals surface area contributed by atoms with Gasteiger partial charge in [-0.25, -0.2) is 4.39 Å². The van der Waals surface area contributed by atoms with Gasteiger partial charge in [-0.05, 0) is 29.8 Å². The molecule has 0 bridgehead atoms. The van der Waals surface area contributed by atoms with Crippen molar-refractivity contribution in [1.29, 1.82) is 0 Å². The first-order valence-corrected chi connectivity index (χ1v) is 7.55. The van der Waals surface area contributed by atoms with E-state index < -0.39 is 17.6 Å². The molecule has 3 rings (SSSR count). The first kappa shape index (κ1) is 16.9. The highest BCUT2D eigenvalue weighted by atomic mass is 19.4. The van der Waals surface area contributed by atoms with Crippen molar-refractivity contribution in [3.05, 3.63) is 53.5 Å². The number of halogens is 4. The summed E-state index contributed by atoms with van der Waals surface area (Å²) in [6.45, 7) is 3.75. The molecule has 1 aromatic carbocycles. The van der Waals surface area contributed by atoms with Crippen molar-refractivity contribution in [3.8, 4) is 11.3 Å². The maximum absolute atomic E-state index is 13.5. The van der Waals surface area contributed by atoms with Crippen LogP contribution in [0.3, 0.4) is 0 Å². The van der Waals surface area contributed by atoms with Crippen LogP contribution in [0.5, 0.6) is 0 Å². The Hall–Kier alpha value is -1.99. The summed E-state index contributed by atoms with van der Waals surface area (Å²) >= 11 is 0. The molecule has 0 aliphatic carbocycles. The van der Waals surface area contributed by atoms with Crippen LogP contribution < -0.4 is 0 Å². The van der Waals surface area contributed by atoms with Gasteiger partial charge in [-0.15, -0.1) is 0 Å². The van der Waals surface area contributed by atoms with Crippen molar-refractivity contribution in [1.82, 2.24) is 9.88 Å². The zero-order valence-electron chi connectivity index (χ0n) is 12.8. The van der Waals surface area contributed by atoms with Crippen LogP contribution in [0.2, 0.25) is 0 Å². The molecule has 0 radical (unpaired) electrons. The van der Waals surface area contributed by atoms with Gasteiger partial charge in [0.25, 0.3) is 0 Å². The highest BCUT2D eigenvalue weighted by molar-refractivity contribution is 5.60. The summed E-state index contributed by atoms with van der Waals surface area (Å²) in [7, 11) is 0. The van der Waals surface area contributed by atoms with E-state index in [1.165, 1.54) is 0 Å². The Labute approximate surface area is 136 Å². The van der Waals surface area contributed by atoms with Gasteiger partial charge in [-0.3, -0.25) is 9.88 Å². The van der Waals surface area contributed by atoms with Crippen molar-refractivity contribution in [2.24, 2.45) is 0 Å². The molecule has 1 fully saturated rings. The number of aromatic nitrogens is 1. The van der Waals surface area contributed by atoms with Gasteiger partial charge in [0.05, 0.1) is 24.5 Å². The molecule has 7 heteroatoms. The molecule has 1 aromatic heterocycles. The van der Waals surface area contributed by atoms with Crippen molar-refractivity contribution >= 4 is 0 Å². The standard InChI is InChI=1S/C17H16F4N2O/c18-15-8-13(7-14(9-15)17(19,20)21)16-2-1-12(10-22-16)11-23-3-5-24-6-4-23/h1-2,7-10H,3-6,11H2. The van der Waals surface area contributed by atoms with E-state index >= 15 is 0 Å². The number of hydrogen-bond donors (Lipinski definition) is 0. The molecule has 0 saturated carbocycles. The second-order valence-electron chi connectivity index (χ2n) is 5.67. The third-order valence-electron chi connectivity index (χ3n) is 3.86. The monoisotopic (exact) mass is 340 g/mol. The lowest BCUT2D eigenvalue weighted by atomic mass is 10.1. The molecule has 0 atom stereocenters. The molecule has 0 amide bonds. The van der Waals surface area contributed by atoms with Gasteiger partial charge in [0.2, 0.25) is 0 Å². The largest absolute Gasteiger partial charge is 0.416 e. The Morgan fingerprint density at radius 3 is 2.46 bits per heavy atom. The highest BCUT2D eigenvalue weighted by Crippen LogP contribution is 2.32. The van der Waals surface area contributed by atoms with Gasteiger partial charge >= 0.3 is 6.18 Å². The van der Waals surface area contributed by atoms with Crippen LogP contribution in [0.25, 0.3) is 11.3 Å². The fourth-order valence-electron chi connectivity index (χ4n) is 2.61. The predicted octanol–water partition coefficient (Wildman–Crippen LogP) is 3.74. The number of morpholine rings is 1. The van der Waals surface area contributed by atoms with E-state index in [1.807, 2.05) is 0 Å². The summed E-state index contributed by atoms with van der Waals surface area (Å²) < 4.78 is 57.1. The van der Waals surface area contributed by atoms with Gasteiger partial charge in [-0.2, -0.15) is 13.2 Å². The van der Waals surface area contributed by atoms with E-state index in [1.54, 1.807) is 18.3 Å². The van der Waals surface area contributed by atoms with E-state index in [0.717, 1.165) is 30.8 Å². The molecule has 1 saturated heterocycles. The lowest BCUT2D eigenvalue weighted by Crippen LogP contribution is -2.35. The Bertz CT molecular complexity index is 695. The maximum atomic E-state index is 13.5. The number of benzene rings is 1. The van der Waals surface area contributed by atoms with Crippen LogP contribution in [0.1, 0.15) is 11.1 Å². The van der Waals surface area contributed by atoms with E-state index in [4.69, 9.17) is 4.74 Å². The normalized spacial score (nSPS) is 16.3. The lowest BCUT2D eigenvalue weighted by Gasteiger charge is -2.26. The van der Waals surface area contributed by atoms with Gasteiger partial charge in [-0.1, -0.05) is 6.07 Å². The first-order valence-electron chi connectivity index (χ1n) is 7.55. The van der Waals surface area contributed by atoms with Crippen molar-refractivity contribution in [3.63, 3.8) is 0 Å². The molecule has 2 aromatic rings. The summed E-state index contributed by atoms with van der Waals surface area (Å²) in [5.74, 6) is -0.931. The quantitative estimate of drug-likeness (QED) is 0.796. The van der Waals surface area contributed by atoms with E-state index in [9.17, 15) is 17.6 Å².